The fourth-order valence-electron chi connectivity index (χ4n) is 0.478. The van der Waals surface area contributed by atoms with Crippen molar-refractivity contribution >= 4 is 18.6 Å². The summed E-state index contributed by atoms with van der Waals surface area (Å²) in [5.41, 5.74) is 0. The zero-order chi connectivity index (χ0) is 7.11. The third-order valence-electron chi connectivity index (χ3n) is 0.828. The zero-order valence-electron chi connectivity index (χ0n) is 4.85. The van der Waals surface area contributed by atoms with E-state index in [1.807, 2.05) is 12.2 Å². The van der Waals surface area contributed by atoms with Crippen LogP contribution < -0.4 is 0 Å². The molecule has 0 aliphatic heterocycles. The maximum atomic E-state index is 4.89. The Bertz CT molecular complexity index is 97.6. The van der Waals surface area contributed by atoms with Gasteiger partial charge in [0.15, 0.2) is 0 Å². The SMILES string of the molecule is [CH2-]C1C=CC=C1.[Cl][Ti][Cl]. The van der Waals surface area contributed by atoms with Crippen molar-refractivity contribution in [3.05, 3.63) is 31.2 Å². The van der Waals surface area contributed by atoms with E-state index >= 15 is 0 Å². The van der Waals surface area contributed by atoms with Gasteiger partial charge in [-0.2, -0.15) is 0 Å². The Morgan fingerprint density at radius 3 is 1.67 bits per heavy atom. The van der Waals surface area contributed by atoms with E-state index in [-0.39, 0.29) is 0 Å². The van der Waals surface area contributed by atoms with Crippen LogP contribution in [0, 0.1) is 12.8 Å². The Hall–Kier alpha value is 0.774. The second kappa shape index (κ2) is 6.89. The summed E-state index contributed by atoms with van der Waals surface area (Å²) in [4.78, 5) is 0. The molecule has 0 saturated heterocycles. The molecule has 0 aromatic carbocycles. The van der Waals surface area contributed by atoms with E-state index in [1.165, 1.54) is 0 Å². The van der Waals surface area contributed by atoms with E-state index in [4.69, 9.17) is 18.6 Å². The molecule has 0 heterocycles. The number of allylic oxidation sites excluding steroid dienone is 4. The summed E-state index contributed by atoms with van der Waals surface area (Å²) in [6, 6.07) is 0. The van der Waals surface area contributed by atoms with Gasteiger partial charge in [-0.15, -0.1) is 18.1 Å². The molecule has 0 amide bonds. The van der Waals surface area contributed by atoms with Gasteiger partial charge < -0.3 is 6.92 Å². The Morgan fingerprint density at radius 2 is 1.56 bits per heavy atom. The van der Waals surface area contributed by atoms with Gasteiger partial charge in [0, 0.05) is 0 Å². The second-order valence-electron chi connectivity index (χ2n) is 1.51. The van der Waals surface area contributed by atoms with Gasteiger partial charge in [-0.25, -0.2) is 0 Å². The second-order valence-corrected chi connectivity index (χ2v) is 4.08. The van der Waals surface area contributed by atoms with Crippen molar-refractivity contribution in [2.24, 2.45) is 5.92 Å². The predicted octanol–water partition coefficient (Wildman–Crippen LogP) is 2.94. The summed E-state index contributed by atoms with van der Waals surface area (Å²) in [6.45, 7) is 3.76. The third kappa shape index (κ3) is 6.66. The minimum atomic E-state index is -0.556. The monoisotopic (exact) mass is 197 g/mol. The molecule has 0 fully saturated rings. The van der Waals surface area contributed by atoms with Gasteiger partial charge in [0.25, 0.3) is 0 Å². The molecule has 0 nitrogen and oxygen atoms in total. The van der Waals surface area contributed by atoms with Gasteiger partial charge in [0.2, 0.25) is 0 Å². The molecular weight excluding hydrogens is 191 g/mol. The Labute approximate surface area is 72.6 Å². The van der Waals surface area contributed by atoms with Gasteiger partial charge in [0.1, 0.15) is 0 Å². The van der Waals surface area contributed by atoms with Crippen LogP contribution in [0.5, 0.6) is 0 Å². The molecule has 1 aliphatic carbocycles. The van der Waals surface area contributed by atoms with Crippen molar-refractivity contribution in [3.63, 3.8) is 0 Å². The van der Waals surface area contributed by atoms with Crippen LogP contribution in [0.25, 0.3) is 0 Å². The summed E-state index contributed by atoms with van der Waals surface area (Å²) in [5, 5.41) is 0. The van der Waals surface area contributed by atoms with Crippen LogP contribution in [0.1, 0.15) is 0 Å². The van der Waals surface area contributed by atoms with E-state index in [9.17, 15) is 0 Å². The molecule has 0 unspecified atom stereocenters. The molecule has 1 rings (SSSR count). The normalized spacial score (nSPS) is 15.0. The number of hydrogen-bond donors (Lipinski definition) is 0. The molecule has 0 saturated carbocycles. The van der Waals surface area contributed by atoms with Crippen molar-refractivity contribution in [1.29, 1.82) is 0 Å². The first-order valence-electron chi connectivity index (χ1n) is 2.45. The number of hydrogen-bond acceptors (Lipinski definition) is 0. The molecule has 0 atom stereocenters. The van der Waals surface area contributed by atoms with E-state index in [2.05, 4.69) is 19.1 Å². The fourth-order valence-corrected chi connectivity index (χ4v) is 0.478. The van der Waals surface area contributed by atoms with E-state index in [0.29, 0.717) is 5.92 Å². The van der Waals surface area contributed by atoms with Crippen molar-refractivity contribution in [3.8, 4) is 0 Å². The quantitative estimate of drug-likeness (QED) is 0.414. The van der Waals surface area contributed by atoms with E-state index in [1.54, 1.807) is 0 Å². The average Bonchev–Trinajstić information content (AvgIpc) is 2.20. The van der Waals surface area contributed by atoms with E-state index < -0.39 is 17.0 Å². The van der Waals surface area contributed by atoms with Crippen LogP contribution in [0.15, 0.2) is 24.3 Å². The van der Waals surface area contributed by atoms with Gasteiger partial charge in [-0.05, 0) is 0 Å². The summed E-state index contributed by atoms with van der Waals surface area (Å²) < 4.78 is 0. The molecule has 0 bridgehead atoms. The summed E-state index contributed by atoms with van der Waals surface area (Å²) in [7, 11) is 9.78. The third-order valence-corrected chi connectivity index (χ3v) is 0.828. The van der Waals surface area contributed by atoms with Crippen LogP contribution in [0.4, 0.5) is 0 Å². The first kappa shape index (κ1) is 9.77. The molecule has 0 radical (unpaired) electrons. The van der Waals surface area contributed by atoms with Crippen LogP contribution in [-0.4, -0.2) is 0 Å². The Kier molecular flexibility index (Phi) is 7.48. The summed E-state index contributed by atoms with van der Waals surface area (Å²) in [6.07, 6.45) is 8.13. The Morgan fingerprint density at radius 1 is 1.22 bits per heavy atom. The predicted molar refractivity (Wildman–Crippen MR) is 38.8 cm³/mol. The van der Waals surface area contributed by atoms with E-state index in [0.717, 1.165) is 0 Å². The molecule has 3 heteroatoms. The molecule has 1 aliphatic rings. The van der Waals surface area contributed by atoms with Crippen LogP contribution in [0.3, 0.4) is 0 Å². The molecule has 50 valence electrons. The molecule has 0 N–H and O–H groups in total. The van der Waals surface area contributed by atoms with Crippen molar-refractivity contribution in [2.45, 2.75) is 0 Å². The summed E-state index contributed by atoms with van der Waals surface area (Å²) >= 11 is -0.556. The van der Waals surface area contributed by atoms with Crippen molar-refractivity contribution in [1.82, 2.24) is 0 Å². The van der Waals surface area contributed by atoms with Gasteiger partial charge in [0.05, 0.1) is 0 Å². The Balaban J connectivity index is 0.000000187. The minimum absolute atomic E-state index is 0.435. The molecule has 0 aromatic rings. The zero-order valence-corrected chi connectivity index (χ0v) is 7.92. The van der Waals surface area contributed by atoms with Crippen LogP contribution in [0.2, 0.25) is 0 Å². The topological polar surface area (TPSA) is 0 Å². The van der Waals surface area contributed by atoms with Crippen molar-refractivity contribution in [2.75, 3.05) is 0 Å². The standard InChI is InChI=1S/C6H7.2ClH.Ti/c1-6-4-2-3-5-6;;;/h2-6H,1H2;2*1H;/q-1;;;+2/p-2. The molecule has 0 aromatic heterocycles. The van der Waals surface area contributed by atoms with Crippen LogP contribution >= 0.6 is 18.6 Å². The van der Waals surface area contributed by atoms with Crippen molar-refractivity contribution < 1.29 is 17.0 Å². The molecule has 9 heavy (non-hydrogen) atoms. The van der Waals surface area contributed by atoms with Gasteiger partial charge in [-0.3, -0.25) is 0 Å². The number of halogens is 2. The first-order chi connectivity index (χ1) is 4.31. The fraction of sp³-hybridized carbons (Fsp3) is 0.167. The van der Waals surface area contributed by atoms with Crippen LogP contribution in [-0.2, 0) is 17.0 Å². The first-order valence-corrected chi connectivity index (χ1v) is 6.75. The molecular formula is C6H7Cl2Ti-. The van der Waals surface area contributed by atoms with Gasteiger partial charge >= 0.3 is 35.6 Å². The number of rotatable bonds is 0. The maximum absolute atomic E-state index is 4.89. The average molecular weight is 198 g/mol. The molecule has 0 spiro atoms. The summed E-state index contributed by atoms with van der Waals surface area (Å²) in [5.74, 6) is 0.435. The van der Waals surface area contributed by atoms with Gasteiger partial charge in [-0.1, -0.05) is 12.2 Å².